The van der Waals surface area contributed by atoms with Crippen LogP contribution in [0.3, 0.4) is 0 Å². The SMILES string of the molecule is CC(C)n1nccc1C1CCN(C(=O)C(C)(O)C(F)(F)F)CC1. The highest BCUT2D eigenvalue weighted by atomic mass is 19.4. The van der Waals surface area contributed by atoms with E-state index in [0.717, 1.165) is 10.6 Å². The number of nitrogens with zero attached hydrogens (tertiary/aromatic N) is 3. The Bertz CT molecular complexity index is 559. The fourth-order valence-electron chi connectivity index (χ4n) is 2.89. The minimum Gasteiger partial charge on any atom is -0.373 e. The first-order valence-corrected chi connectivity index (χ1v) is 7.67. The molecule has 1 amide bonds. The number of aromatic nitrogens is 2. The molecule has 1 fully saturated rings. The van der Waals surface area contributed by atoms with Crippen molar-refractivity contribution in [1.29, 1.82) is 0 Å². The van der Waals surface area contributed by atoms with Gasteiger partial charge in [-0.25, -0.2) is 0 Å². The summed E-state index contributed by atoms with van der Waals surface area (Å²) in [5.41, 5.74) is -2.30. The monoisotopic (exact) mass is 333 g/mol. The number of likely N-dealkylation sites (tertiary alicyclic amines) is 1. The molecule has 23 heavy (non-hydrogen) atoms. The summed E-state index contributed by atoms with van der Waals surface area (Å²) in [4.78, 5) is 13.1. The summed E-state index contributed by atoms with van der Waals surface area (Å²) in [5, 5.41) is 13.8. The molecule has 8 heteroatoms. The highest BCUT2D eigenvalue weighted by Gasteiger charge is 2.57. The van der Waals surface area contributed by atoms with Crippen LogP contribution in [-0.2, 0) is 4.79 Å². The summed E-state index contributed by atoms with van der Waals surface area (Å²) in [7, 11) is 0. The van der Waals surface area contributed by atoms with Gasteiger partial charge in [-0.05, 0) is 39.7 Å². The van der Waals surface area contributed by atoms with Crippen molar-refractivity contribution in [1.82, 2.24) is 14.7 Å². The molecule has 5 nitrogen and oxygen atoms in total. The van der Waals surface area contributed by atoms with Crippen LogP contribution < -0.4 is 0 Å². The van der Waals surface area contributed by atoms with Gasteiger partial charge in [0.2, 0.25) is 5.60 Å². The number of aliphatic hydroxyl groups is 1. The summed E-state index contributed by atoms with van der Waals surface area (Å²) in [6.45, 7) is 4.92. The maximum Gasteiger partial charge on any atom is 0.426 e. The minimum atomic E-state index is -4.98. The van der Waals surface area contributed by atoms with E-state index in [4.69, 9.17) is 0 Å². The number of alkyl halides is 3. The van der Waals surface area contributed by atoms with Crippen LogP contribution in [0, 0.1) is 0 Å². The van der Waals surface area contributed by atoms with Crippen LogP contribution in [0.4, 0.5) is 13.2 Å². The van der Waals surface area contributed by atoms with Crippen LogP contribution in [0.15, 0.2) is 12.3 Å². The van der Waals surface area contributed by atoms with Gasteiger partial charge in [0.15, 0.2) is 0 Å². The van der Waals surface area contributed by atoms with E-state index in [-0.39, 0.29) is 25.0 Å². The normalized spacial score (nSPS) is 19.9. The second kappa shape index (κ2) is 6.14. The molecule has 0 aliphatic carbocycles. The number of piperidine rings is 1. The first-order chi connectivity index (χ1) is 10.6. The molecule has 1 unspecified atom stereocenters. The number of carbonyl (C=O) groups excluding carboxylic acids is 1. The highest BCUT2D eigenvalue weighted by molar-refractivity contribution is 5.85. The lowest BCUT2D eigenvalue weighted by atomic mass is 9.92. The number of halogens is 3. The van der Waals surface area contributed by atoms with E-state index < -0.39 is 17.7 Å². The predicted octanol–water partition coefficient (Wildman–Crippen LogP) is 2.48. The molecule has 2 heterocycles. The largest absolute Gasteiger partial charge is 0.426 e. The molecule has 1 aliphatic heterocycles. The topological polar surface area (TPSA) is 58.4 Å². The molecule has 0 spiro atoms. The van der Waals surface area contributed by atoms with E-state index in [0.29, 0.717) is 19.8 Å². The van der Waals surface area contributed by atoms with Gasteiger partial charge in [0.05, 0.1) is 0 Å². The maximum atomic E-state index is 12.8. The van der Waals surface area contributed by atoms with E-state index in [9.17, 15) is 23.1 Å². The minimum absolute atomic E-state index is 0.153. The van der Waals surface area contributed by atoms with E-state index in [1.165, 1.54) is 0 Å². The van der Waals surface area contributed by atoms with Gasteiger partial charge in [0.25, 0.3) is 5.91 Å². The van der Waals surface area contributed by atoms with Gasteiger partial charge in [0, 0.05) is 36.9 Å². The summed E-state index contributed by atoms with van der Waals surface area (Å²) < 4.78 is 40.2. The lowest BCUT2D eigenvalue weighted by Gasteiger charge is -2.37. The van der Waals surface area contributed by atoms with Crippen molar-refractivity contribution in [2.75, 3.05) is 13.1 Å². The van der Waals surface area contributed by atoms with Gasteiger partial charge in [0.1, 0.15) is 0 Å². The van der Waals surface area contributed by atoms with Crippen molar-refractivity contribution in [2.24, 2.45) is 0 Å². The third kappa shape index (κ3) is 3.36. The highest BCUT2D eigenvalue weighted by Crippen LogP contribution is 2.34. The third-order valence-corrected chi connectivity index (χ3v) is 4.36. The molecular formula is C15H22F3N3O2. The quantitative estimate of drug-likeness (QED) is 0.924. The molecule has 0 bridgehead atoms. The number of rotatable bonds is 3. The van der Waals surface area contributed by atoms with Crippen LogP contribution >= 0.6 is 0 Å². The Morgan fingerprint density at radius 1 is 1.35 bits per heavy atom. The molecule has 1 aromatic heterocycles. The third-order valence-electron chi connectivity index (χ3n) is 4.36. The van der Waals surface area contributed by atoms with Gasteiger partial charge < -0.3 is 10.0 Å². The Morgan fingerprint density at radius 2 is 1.91 bits per heavy atom. The smallest absolute Gasteiger partial charge is 0.373 e. The summed E-state index contributed by atoms with van der Waals surface area (Å²) in [6.07, 6.45) is -2.16. The lowest BCUT2D eigenvalue weighted by Crippen LogP contribution is -2.57. The van der Waals surface area contributed by atoms with Gasteiger partial charge in [-0.15, -0.1) is 0 Å². The molecule has 1 saturated heterocycles. The van der Waals surface area contributed by atoms with Crippen LogP contribution in [0.25, 0.3) is 0 Å². The number of amides is 1. The van der Waals surface area contributed by atoms with Crippen LogP contribution in [0.2, 0.25) is 0 Å². The molecular weight excluding hydrogens is 311 g/mol. The Balaban J connectivity index is 2.04. The Morgan fingerprint density at radius 3 is 2.39 bits per heavy atom. The van der Waals surface area contributed by atoms with E-state index >= 15 is 0 Å². The van der Waals surface area contributed by atoms with Gasteiger partial charge in [-0.2, -0.15) is 18.3 Å². The molecule has 1 N–H and O–H groups in total. The summed E-state index contributed by atoms with van der Waals surface area (Å²) in [6, 6.07) is 2.11. The molecule has 1 aromatic rings. The second-order valence-electron chi connectivity index (χ2n) is 6.43. The second-order valence-corrected chi connectivity index (χ2v) is 6.43. The number of hydrogen-bond donors (Lipinski definition) is 1. The summed E-state index contributed by atoms with van der Waals surface area (Å²) in [5.74, 6) is -1.12. The first kappa shape index (κ1) is 17.8. The Kier molecular flexibility index (Phi) is 4.75. The zero-order valence-corrected chi connectivity index (χ0v) is 13.5. The zero-order valence-electron chi connectivity index (χ0n) is 13.5. The predicted molar refractivity (Wildman–Crippen MR) is 77.8 cm³/mol. The molecule has 130 valence electrons. The fourth-order valence-corrected chi connectivity index (χ4v) is 2.89. The van der Waals surface area contributed by atoms with E-state index in [1.54, 1.807) is 6.20 Å². The van der Waals surface area contributed by atoms with Crippen LogP contribution in [0.5, 0.6) is 0 Å². The summed E-state index contributed by atoms with van der Waals surface area (Å²) >= 11 is 0. The van der Waals surface area contributed by atoms with E-state index in [2.05, 4.69) is 5.10 Å². The zero-order chi connectivity index (χ0) is 17.4. The van der Waals surface area contributed by atoms with Crippen LogP contribution in [-0.4, -0.2) is 50.6 Å². The fraction of sp³-hybridized carbons (Fsp3) is 0.733. The Hall–Kier alpha value is -1.57. The standard InChI is InChI=1S/C15H22F3N3O2/c1-10(2)21-12(4-7-19-21)11-5-8-20(9-6-11)13(22)14(3,23)15(16,17)18/h4,7,10-11,23H,5-6,8-9H2,1-3H3. The average Bonchev–Trinajstić information content (AvgIpc) is 2.95. The number of hydrogen-bond acceptors (Lipinski definition) is 3. The molecule has 2 rings (SSSR count). The average molecular weight is 333 g/mol. The van der Waals surface area contributed by atoms with Gasteiger partial charge in [-0.1, -0.05) is 0 Å². The molecule has 1 atom stereocenters. The van der Waals surface area contributed by atoms with E-state index in [1.807, 2.05) is 24.6 Å². The van der Waals surface area contributed by atoms with Crippen molar-refractivity contribution in [3.63, 3.8) is 0 Å². The van der Waals surface area contributed by atoms with Crippen molar-refractivity contribution >= 4 is 5.91 Å². The van der Waals surface area contributed by atoms with Crippen molar-refractivity contribution in [3.05, 3.63) is 18.0 Å². The molecule has 0 saturated carbocycles. The van der Waals surface area contributed by atoms with Gasteiger partial charge >= 0.3 is 6.18 Å². The molecule has 1 aliphatic rings. The first-order valence-electron chi connectivity index (χ1n) is 7.67. The Labute approximate surface area is 133 Å². The van der Waals surface area contributed by atoms with Gasteiger partial charge in [-0.3, -0.25) is 9.48 Å². The lowest BCUT2D eigenvalue weighted by molar-refractivity contribution is -0.250. The maximum absolute atomic E-state index is 12.8. The van der Waals surface area contributed by atoms with Crippen molar-refractivity contribution in [2.45, 2.75) is 57.3 Å². The van der Waals surface area contributed by atoms with Crippen molar-refractivity contribution < 1.29 is 23.1 Å². The molecule has 0 radical (unpaired) electrons. The van der Waals surface area contributed by atoms with Crippen LogP contribution in [0.1, 0.15) is 51.3 Å². The molecule has 0 aromatic carbocycles. The van der Waals surface area contributed by atoms with Crippen molar-refractivity contribution in [3.8, 4) is 0 Å². The number of carbonyl (C=O) groups is 1.